The van der Waals surface area contributed by atoms with Crippen molar-refractivity contribution in [1.29, 1.82) is 0 Å². The number of benzene rings is 1. The molecule has 1 unspecified atom stereocenters. The summed E-state index contributed by atoms with van der Waals surface area (Å²) in [5.41, 5.74) is 0. The second kappa shape index (κ2) is 8.50. The smallest absolute Gasteiger partial charge is 0.326 e. The van der Waals surface area contributed by atoms with Crippen LogP contribution in [0.4, 0.5) is 0 Å². The predicted octanol–water partition coefficient (Wildman–Crippen LogP) is 1.24. The molecule has 1 heterocycles. The molecule has 1 fully saturated rings. The zero-order chi connectivity index (χ0) is 18.4. The maximum absolute atomic E-state index is 12.4. The van der Waals surface area contributed by atoms with Crippen LogP contribution in [0.1, 0.15) is 19.8 Å². The molecule has 1 aliphatic rings. The summed E-state index contributed by atoms with van der Waals surface area (Å²) in [4.78, 5) is 38.5. The van der Waals surface area contributed by atoms with Crippen molar-refractivity contribution in [2.75, 3.05) is 26.7 Å². The molecule has 1 aromatic rings. The molecule has 2 amide bonds. The molecular formula is C18H24N2O5. The van der Waals surface area contributed by atoms with Crippen LogP contribution in [-0.2, 0) is 14.4 Å². The SMILES string of the molecule is CC(C(=O)O)N(C)C(=O)C1CCN(C(=O)COc2ccccc2)CC1. The summed E-state index contributed by atoms with van der Waals surface area (Å²) in [6.07, 6.45) is 1.07. The lowest BCUT2D eigenvalue weighted by Gasteiger charge is -2.34. The van der Waals surface area contributed by atoms with E-state index >= 15 is 0 Å². The van der Waals surface area contributed by atoms with Crippen LogP contribution < -0.4 is 4.74 Å². The number of likely N-dealkylation sites (N-methyl/N-ethyl adjacent to an activating group) is 1. The minimum absolute atomic E-state index is 0.0292. The Balaban J connectivity index is 1.79. The second-order valence-electron chi connectivity index (χ2n) is 6.22. The normalized spacial score (nSPS) is 16.2. The fourth-order valence-corrected chi connectivity index (χ4v) is 2.77. The fourth-order valence-electron chi connectivity index (χ4n) is 2.77. The minimum atomic E-state index is -1.03. The highest BCUT2D eigenvalue weighted by atomic mass is 16.5. The van der Waals surface area contributed by atoms with Gasteiger partial charge in [0.25, 0.3) is 5.91 Å². The summed E-state index contributed by atoms with van der Waals surface area (Å²) in [6, 6.07) is 8.27. The van der Waals surface area contributed by atoms with E-state index in [-0.39, 0.29) is 24.3 Å². The van der Waals surface area contributed by atoms with Gasteiger partial charge in [0.2, 0.25) is 5.91 Å². The number of carbonyl (C=O) groups is 3. The van der Waals surface area contributed by atoms with Crippen molar-refractivity contribution >= 4 is 17.8 Å². The molecule has 25 heavy (non-hydrogen) atoms. The molecular weight excluding hydrogens is 324 g/mol. The van der Waals surface area contributed by atoms with E-state index < -0.39 is 12.0 Å². The molecule has 0 aliphatic carbocycles. The van der Waals surface area contributed by atoms with Crippen molar-refractivity contribution in [2.24, 2.45) is 5.92 Å². The Morgan fingerprint density at radius 3 is 2.40 bits per heavy atom. The Kier molecular flexibility index (Phi) is 6.38. The van der Waals surface area contributed by atoms with Crippen LogP contribution in [0, 0.1) is 5.92 Å². The molecule has 0 spiro atoms. The highest BCUT2D eigenvalue weighted by molar-refractivity contribution is 5.85. The molecule has 0 saturated carbocycles. The van der Waals surface area contributed by atoms with E-state index in [2.05, 4.69) is 0 Å². The molecule has 7 heteroatoms. The lowest BCUT2D eigenvalue weighted by Crippen LogP contribution is -2.48. The first kappa shape index (κ1) is 18.8. The number of para-hydroxylation sites is 1. The summed E-state index contributed by atoms with van der Waals surface area (Å²) in [5, 5.41) is 9.01. The highest BCUT2D eigenvalue weighted by Gasteiger charge is 2.32. The Bertz CT molecular complexity index is 611. The van der Waals surface area contributed by atoms with E-state index in [1.807, 2.05) is 18.2 Å². The molecule has 0 radical (unpaired) electrons. The Morgan fingerprint density at radius 1 is 1.24 bits per heavy atom. The van der Waals surface area contributed by atoms with Gasteiger partial charge in [-0.3, -0.25) is 9.59 Å². The monoisotopic (exact) mass is 348 g/mol. The van der Waals surface area contributed by atoms with E-state index in [1.165, 1.54) is 18.9 Å². The van der Waals surface area contributed by atoms with Crippen LogP contribution in [0.5, 0.6) is 5.75 Å². The fraction of sp³-hybridized carbons (Fsp3) is 0.500. The molecule has 0 aromatic heterocycles. The van der Waals surface area contributed by atoms with Gasteiger partial charge in [-0.05, 0) is 31.9 Å². The number of piperidine rings is 1. The zero-order valence-corrected chi connectivity index (χ0v) is 14.6. The Morgan fingerprint density at radius 2 is 1.84 bits per heavy atom. The Hall–Kier alpha value is -2.57. The number of ether oxygens (including phenoxy) is 1. The number of hydrogen-bond donors (Lipinski definition) is 1. The predicted molar refractivity (Wildman–Crippen MR) is 91.1 cm³/mol. The lowest BCUT2D eigenvalue weighted by atomic mass is 9.95. The Labute approximate surface area is 147 Å². The molecule has 136 valence electrons. The first-order valence-electron chi connectivity index (χ1n) is 8.35. The van der Waals surface area contributed by atoms with Crippen molar-refractivity contribution in [2.45, 2.75) is 25.8 Å². The van der Waals surface area contributed by atoms with Gasteiger partial charge in [-0.1, -0.05) is 18.2 Å². The molecule has 1 atom stereocenters. The van der Waals surface area contributed by atoms with E-state index in [1.54, 1.807) is 17.0 Å². The van der Waals surface area contributed by atoms with Crippen molar-refractivity contribution in [3.63, 3.8) is 0 Å². The molecule has 1 aliphatic heterocycles. The van der Waals surface area contributed by atoms with Gasteiger partial charge in [0, 0.05) is 26.1 Å². The molecule has 7 nitrogen and oxygen atoms in total. The van der Waals surface area contributed by atoms with Crippen molar-refractivity contribution < 1.29 is 24.2 Å². The summed E-state index contributed by atoms with van der Waals surface area (Å²) >= 11 is 0. The molecule has 2 rings (SSSR count). The number of carboxylic acid groups (broad SMARTS) is 1. The second-order valence-corrected chi connectivity index (χ2v) is 6.22. The largest absolute Gasteiger partial charge is 0.484 e. The van der Waals surface area contributed by atoms with E-state index in [0.29, 0.717) is 31.7 Å². The van der Waals surface area contributed by atoms with Gasteiger partial charge in [-0.25, -0.2) is 4.79 Å². The average Bonchev–Trinajstić information content (AvgIpc) is 2.65. The van der Waals surface area contributed by atoms with Crippen molar-refractivity contribution in [3.8, 4) is 5.75 Å². The standard InChI is InChI=1S/C18H24N2O5/c1-13(18(23)24)19(2)17(22)14-8-10-20(11-9-14)16(21)12-25-15-6-4-3-5-7-15/h3-7,13-14H,8-12H2,1-2H3,(H,23,24). The number of hydrogen-bond acceptors (Lipinski definition) is 4. The van der Waals surface area contributed by atoms with Crippen LogP contribution in [0.25, 0.3) is 0 Å². The van der Waals surface area contributed by atoms with Gasteiger partial charge in [0.05, 0.1) is 0 Å². The first-order chi connectivity index (χ1) is 11.9. The number of likely N-dealkylation sites (tertiary alicyclic amines) is 1. The summed E-state index contributed by atoms with van der Waals surface area (Å²) in [7, 11) is 1.51. The maximum atomic E-state index is 12.4. The molecule has 0 bridgehead atoms. The third-order valence-electron chi connectivity index (χ3n) is 4.59. The number of amides is 2. The summed E-state index contributed by atoms with van der Waals surface area (Å²) in [6.45, 7) is 2.41. The first-order valence-corrected chi connectivity index (χ1v) is 8.35. The van der Waals surface area contributed by atoms with Crippen LogP contribution in [0.15, 0.2) is 30.3 Å². The van der Waals surface area contributed by atoms with Gasteiger partial charge in [-0.15, -0.1) is 0 Å². The number of aliphatic carboxylic acids is 1. The number of rotatable bonds is 6. The van der Waals surface area contributed by atoms with Crippen molar-refractivity contribution in [1.82, 2.24) is 9.80 Å². The van der Waals surface area contributed by atoms with Gasteiger partial charge >= 0.3 is 5.97 Å². The van der Waals surface area contributed by atoms with E-state index in [4.69, 9.17) is 9.84 Å². The number of carbonyl (C=O) groups excluding carboxylic acids is 2. The van der Waals surface area contributed by atoms with Crippen molar-refractivity contribution in [3.05, 3.63) is 30.3 Å². The quantitative estimate of drug-likeness (QED) is 0.836. The lowest BCUT2D eigenvalue weighted by molar-refractivity contribution is -0.151. The van der Waals surface area contributed by atoms with E-state index in [9.17, 15) is 14.4 Å². The molecule has 1 N–H and O–H groups in total. The van der Waals surface area contributed by atoms with E-state index in [0.717, 1.165) is 0 Å². The van der Waals surface area contributed by atoms with Crippen LogP contribution in [0.3, 0.4) is 0 Å². The summed E-state index contributed by atoms with van der Waals surface area (Å²) in [5.74, 6) is -0.915. The number of carboxylic acids is 1. The number of nitrogens with zero attached hydrogens (tertiary/aromatic N) is 2. The minimum Gasteiger partial charge on any atom is -0.484 e. The highest BCUT2D eigenvalue weighted by Crippen LogP contribution is 2.20. The topological polar surface area (TPSA) is 87.2 Å². The van der Waals surface area contributed by atoms with Gasteiger partial charge in [0.15, 0.2) is 6.61 Å². The van der Waals surface area contributed by atoms with Crippen LogP contribution >= 0.6 is 0 Å². The molecule has 1 aromatic carbocycles. The third-order valence-corrected chi connectivity index (χ3v) is 4.59. The molecule has 1 saturated heterocycles. The summed E-state index contributed by atoms with van der Waals surface area (Å²) < 4.78 is 5.46. The maximum Gasteiger partial charge on any atom is 0.326 e. The van der Waals surface area contributed by atoms with Gasteiger partial charge < -0.3 is 19.6 Å². The van der Waals surface area contributed by atoms with Crippen LogP contribution in [-0.4, -0.2) is 65.5 Å². The van der Waals surface area contributed by atoms with Crippen LogP contribution in [0.2, 0.25) is 0 Å². The average molecular weight is 348 g/mol. The zero-order valence-electron chi connectivity index (χ0n) is 14.6. The van der Waals surface area contributed by atoms with Gasteiger partial charge in [0.1, 0.15) is 11.8 Å². The third kappa shape index (κ3) is 4.95. The van der Waals surface area contributed by atoms with Gasteiger partial charge in [-0.2, -0.15) is 0 Å².